The molecule has 0 saturated heterocycles. The molecule has 4 bridgehead atoms. The van der Waals surface area contributed by atoms with Crippen LogP contribution >= 0.6 is 11.8 Å². The molecule has 0 aliphatic heterocycles. The second-order valence-electron chi connectivity index (χ2n) is 11.5. The molecule has 0 radical (unpaired) electrons. The van der Waals surface area contributed by atoms with Gasteiger partial charge in [0.15, 0.2) is 5.16 Å². The molecule has 2 heterocycles. The molecule has 0 amide bonds. The molecule has 0 N–H and O–H groups in total. The average molecular weight is 499 g/mol. The van der Waals surface area contributed by atoms with E-state index in [4.69, 9.17) is 0 Å². The van der Waals surface area contributed by atoms with E-state index in [0.717, 1.165) is 59.3 Å². The highest BCUT2D eigenvalue weighted by Gasteiger charge is 2.54. The minimum Gasteiger partial charge on any atom is -0.298 e. The number of rotatable bonds is 5. The summed E-state index contributed by atoms with van der Waals surface area (Å²) in [4.78, 5) is 27.3. The third-order valence-electron chi connectivity index (χ3n) is 8.95. The molecule has 0 unspecified atom stereocenters. The Balaban J connectivity index is 1.30. The van der Waals surface area contributed by atoms with Crippen LogP contribution < -0.4 is 5.56 Å². The Hall–Kier alpha value is -2.93. The molecule has 4 aliphatic rings. The number of carbonyl (C=O) groups excluding carboxylic acids is 1. The monoisotopic (exact) mass is 498 g/mol. The van der Waals surface area contributed by atoms with Crippen molar-refractivity contribution in [2.75, 3.05) is 5.75 Å². The van der Waals surface area contributed by atoms with E-state index in [1.54, 1.807) is 4.57 Å². The van der Waals surface area contributed by atoms with Crippen LogP contribution in [0.2, 0.25) is 0 Å². The predicted molar refractivity (Wildman–Crippen MR) is 142 cm³/mol. The highest BCUT2D eigenvalue weighted by atomic mass is 32.2. The Bertz CT molecular complexity index is 1570. The molecule has 4 aliphatic carbocycles. The van der Waals surface area contributed by atoms with Gasteiger partial charge >= 0.3 is 0 Å². The smallest absolute Gasteiger partial charge is 0.267 e. The van der Waals surface area contributed by atoms with Crippen LogP contribution in [0, 0.1) is 37.0 Å². The first-order valence-corrected chi connectivity index (χ1v) is 14.0. The van der Waals surface area contributed by atoms with Gasteiger partial charge in [-0.1, -0.05) is 41.6 Å². The van der Waals surface area contributed by atoms with E-state index in [-0.39, 0.29) is 11.0 Å². The first kappa shape index (κ1) is 22.3. The van der Waals surface area contributed by atoms with Gasteiger partial charge in [0.05, 0.1) is 22.3 Å². The van der Waals surface area contributed by atoms with Gasteiger partial charge in [0.25, 0.3) is 5.56 Å². The first-order chi connectivity index (χ1) is 17.4. The number of benzene rings is 2. The third-order valence-corrected chi connectivity index (χ3v) is 9.88. The largest absolute Gasteiger partial charge is 0.298 e. The zero-order valence-electron chi connectivity index (χ0n) is 20.7. The molecule has 2 aromatic heterocycles. The van der Waals surface area contributed by atoms with E-state index in [9.17, 15) is 9.59 Å². The maximum Gasteiger partial charge on any atom is 0.267 e. The van der Waals surface area contributed by atoms with E-state index in [1.165, 1.54) is 31.0 Å². The summed E-state index contributed by atoms with van der Waals surface area (Å²) in [7, 11) is 0. The third kappa shape index (κ3) is 3.31. The SMILES string of the molecule is Cc1ccc(-n2c(=O)c3ccccc3n3c(SCC(=O)C45CC6CC(CC(C6)C4)C5)nnc23)c(C)c1. The van der Waals surface area contributed by atoms with Crippen molar-refractivity contribution >= 4 is 34.2 Å². The van der Waals surface area contributed by atoms with Gasteiger partial charge in [-0.05, 0) is 93.9 Å². The molecule has 0 atom stereocenters. The zero-order chi connectivity index (χ0) is 24.6. The van der Waals surface area contributed by atoms with Crippen LogP contribution in [0.15, 0.2) is 52.4 Å². The zero-order valence-corrected chi connectivity index (χ0v) is 21.6. The summed E-state index contributed by atoms with van der Waals surface area (Å²) in [5.41, 5.74) is 3.48. The molecule has 8 rings (SSSR count). The van der Waals surface area contributed by atoms with Crippen molar-refractivity contribution < 1.29 is 4.79 Å². The Labute approximate surface area is 214 Å². The molecule has 36 heavy (non-hydrogen) atoms. The summed E-state index contributed by atoms with van der Waals surface area (Å²) in [6, 6.07) is 13.7. The van der Waals surface area contributed by atoms with Crippen molar-refractivity contribution in [1.82, 2.24) is 19.2 Å². The summed E-state index contributed by atoms with van der Waals surface area (Å²) < 4.78 is 3.61. The summed E-state index contributed by atoms with van der Waals surface area (Å²) in [6.07, 6.45) is 7.22. The van der Waals surface area contributed by atoms with Crippen LogP contribution in [-0.2, 0) is 4.79 Å². The average Bonchev–Trinajstić information content (AvgIpc) is 3.27. The molecule has 2 aromatic carbocycles. The topological polar surface area (TPSA) is 69.3 Å². The molecule has 4 aromatic rings. The molecule has 6 nitrogen and oxygen atoms in total. The second-order valence-corrected chi connectivity index (χ2v) is 12.4. The van der Waals surface area contributed by atoms with Crippen LogP contribution in [0.1, 0.15) is 49.7 Å². The highest BCUT2D eigenvalue weighted by Crippen LogP contribution is 2.60. The Morgan fingerprint density at radius 1 is 1.00 bits per heavy atom. The summed E-state index contributed by atoms with van der Waals surface area (Å²) >= 11 is 1.47. The fraction of sp³-hybridized carbons (Fsp3) is 0.448. The van der Waals surface area contributed by atoms with E-state index in [2.05, 4.69) is 16.3 Å². The van der Waals surface area contributed by atoms with Crippen molar-refractivity contribution in [3.63, 3.8) is 0 Å². The van der Waals surface area contributed by atoms with Crippen LogP contribution in [0.5, 0.6) is 0 Å². The number of thioether (sulfide) groups is 1. The van der Waals surface area contributed by atoms with Crippen molar-refractivity contribution in [3.8, 4) is 5.69 Å². The normalized spacial score (nSPS) is 26.8. The van der Waals surface area contributed by atoms with Crippen molar-refractivity contribution in [1.29, 1.82) is 0 Å². The molecule has 4 fully saturated rings. The fourth-order valence-electron chi connectivity index (χ4n) is 7.78. The van der Waals surface area contributed by atoms with Crippen molar-refractivity contribution in [2.24, 2.45) is 23.2 Å². The van der Waals surface area contributed by atoms with Gasteiger partial charge < -0.3 is 0 Å². The summed E-state index contributed by atoms with van der Waals surface area (Å²) in [5.74, 6) is 3.51. The number of aromatic nitrogens is 4. The molecule has 7 heteroatoms. The van der Waals surface area contributed by atoms with Crippen LogP contribution in [0.25, 0.3) is 22.4 Å². The molecule has 184 valence electrons. The maximum absolute atomic E-state index is 13.7. The van der Waals surface area contributed by atoms with E-state index >= 15 is 0 Å². The van der Waals surface area contributed by atoms with Gasteiger partial charge in [0.2, 0.25) is 5.78 Å². The standard InChI is InChI=1S/C29H30N4O2S/c1-17-7-8-23(18(2)9-17)32-26(35)22-5-3-4-6-24(22)33-27(32)30-31-28(33)36-16-25(34)29-13-19-10-20(14-29)12-21(11-19)15-29/h3-9,19-21H,10-16H2,1-2H3. The lowest BCUT2D eigenvalue weighted by molar-refractivity contribution is -0.141. The van der Waals surface area contributed by atoms with Gasteiger partial charge in [0, 0.05) is 5.41 Å². The molecular weight excluding hydrogens is 468 g/mol. The first-order valence-electron chi connectivity index (χ1n) is 13.0. The van der Waals surface area contributed by atoms with E-state index < -0.39 is 0 Å². The number of ketones is 1. The van der Waals surface area contributed by atoms with Crippen molar-refractivity contribution in [3.05, 3.63) is 63.9 Å². The fourth-order valence-corrected chi connectivity index (χ4v) is 8.75. The van der Waals surface area contributed by atoms with Gasteiger partial charge in [-0.2, -0.15) is 0 Å². The predicted octanol–water partition coefficient (Wildman–Crippen LogP) is 5.53. The van der Waals surface area contributed by atoms with Gasteiger partial charge in [-0.25, -0.2) is 4.57 Å². The Morgan fingerprint density at radius 3 is 2.39 bits per heavy atom. The van der Waals surface area contributed by atoms with Crippen LogP contribution in [0.4, 0.5) is 0 Å². The lowest BCUT2D eigenvalue weighted by Gasteiger charge is -2.56. The minimum atomic E-state index is -0.120. The minimum absolute atomic E-state index is 0.112. The van der Waals surface area contributed by atoms with E-state index in [0.29, 0.717) is 27.9 Å². The molecule has 0 spiro atoms. The number of carbonyl (C=O) groups is 1. The van der Waals surface area contributed by atoms with Gasteiger partial charge in [-0.3, -0.25) is 14.0 Å². The van der Waals surface area contributed by atoms with Crippen LogP contribution in [0.3, 0.4) is 0 Å². The van der Waals surface area contributed by atoms with E-state index in [1.807, 2.05) is 54.6 Å². The van der Waals surface area contributed by atoms with Crippen molar-refractivity contribution in [2.45, 2.75) is 57.5 Å². The number of para-hydroxylation sites is 1. The number of hydrogen-bond acceptors (Lipinski definition) is 5. The summed E-state index contributed by atoms with van der Waals surface area (Å²) in [6.45, 7) is 4.05. The Kier molecular flexibility index (Phi) is 4.97. The lowest BCUT2D eigenvalue weighted by Crippen LogP contribution is -2.50. The number of nitrogens with zero attached hydrogens (tertiary/aromatic N) is 4. The summed E-state index contributed by atoms with van der Waals surface area (Å²) in [5, 5.41) is 10.3. The maximum atomic E-state index is 13.7. The number of hydrogen-bond donors (Lipinski definition) is 0. The lowest BCUT2D eigenvalue weighted by atomic mass is 9.48. The second kappa shape index (κ2) is 8.04. The van der Waals surface area contributed by atoms with Crippen LogP contribution in [-0.4, -0.2) is 30.7 Å². The number of fused-ring (bicyclic) bond motifs is 3. The number of Topliss-reactive ketones (excluding diaryl/α,β-unsaturated/α-hetero) is 1. The Morgan fingerprint density at radius 2 is 1.69 bits per heavy atom. The van der Waals surface area contributed by atoms with Gasteiger partial charge in [-0.15, -0.1) is 10.2 Å². The quantitative estimate of drug-likeness (QED) is 0.339. The highest BCUT2D eigenvalue weighted by molar-refractivity contribution is 7.99. The van der Waals surface area contributed by atoms with Gasteiger partial charge in [0.1, 0.15) is 5.78 Å². The molecule has 4 saturated carbocycles. The number of aryl methyl sites for hydroxylation is 2. The molecular formula is C29H30N4O2S.